The van der Waals surface area contributed by atoms with Crippen LogP contribution < -0.4 is 4.74 Å². The van der Waals surface area contributed by atoms with Gasteiger partial charge in [0.25, 0.3) is 0 Å². The molecule has 1 aromatic heterocycles. The lowest BCUT2D eigenvalue weighted by molar-refractivity contribution is -0.137. The fourth-order valence-corrected chi connectivity index (χ4v) is 2.89. The monoisotopic (exact) mass is 380 g/mol. The van der Waals surface area contributed by atoms with Gasteiger partial charge in [0.2, 0.25) is 0 Å². The first-order valence-electron chi connectivity index (χ1n) is 8.59. The first kappa shape index (κ1) is 17.9. The number of benzene rings is 3. The van der Waals surface area contributed by atoms with Gasteiger partial charge in [-0.2, -0.15) is 13.2 Å². The van der Waals surface area contributed by atoms with Crippen LogP contribution in [-0.2, 0) is 6.18 Å². The van der Waals surface area contributed by atoms with Gasteiger partial charge >= 0.3 is 6.18 Å². The van der Waals surface area contributed by atoms with Gasteiger partial charge in [0.1, 0.15) is 17.3 Å². The lowest BCUT2D eigenvalue weighted by Crippen LogP contribution is -2.05. The van der Waals surface area contributed by atoms with Gasteiger partial charge in [-0.05, 0) is 53.6 Å². The minimum Gasteiger partial charge on any atom is -0.464 e. The molecule has 2 nitrogen and oxygen atoms in total. The van der Waals surface area contributed by atoms with Crippen LogP contribution in [0.2, 0.25) is 0 Å². The van der Waals surface area contributed by atoms with Gasteiger partial charge in [0.15, 0.2) is 0 Å². The highest BCUT2D eigenvalue weighted by Crippen LogP contribution is 2.39. The Morgan fingerprint density at radius 3 is 2.07 bits per heavy atom. The van der Waals surface area contributed by atoms with Crippen molar-refractivity contribution in [3.8, 4) is 33.9 Å². The van der Waals surface area contributed by atoms with E-state index in [0.717, 1.165) is 23.3 Å². The van der Waals surface area contributed by atoms with Crippen LogP contribution in [0.25, 0.3) is 22.5 Å². The van der Waals surface area contributed by atoms with Crippen molar-refractivity contribution in [1.29, 1.82) is 0 Å². The third-order valence-electron chi connectivity index (χ3n) is 4.28. The molecule has 0 saturated carbocycles. The molecule has 0 spiro atoms. The second-order valence-corrected chi connectivity index (χ2v) is 6.18. The number of furan rings is 1. The summed E-state index contributed by atoms with van der Waals surface area (Å²) in [6.45, 7) is 0. The Bertz CT molecular complexity index is 1050. The minimum atomic E-state index is -4.45. The van der Waals surface area contributed by atoms with Crippen molar-refractivity contribution in [2.24, 2.45) is 0 Å². The van der Waals surface area contributed by atoms with Crippen molar-refractivity contribution in [2.45, 2.75) is 6.18 Å². The molecule has 140 valence electrons. The largest absolute Gasteiger partial charge is 0.464 e. The van der Waals surface area contributed by atoms with E-state index in [4.69, 9.17) is 9.15 Å². The van der Waals surface area contributed by atoms with Crippen LogP contribution in [0, 0.1) is 0 Å². The predicted octanol–water partition coefficient (Wildman–Crippen LogP) is 7.42. The van der Waals surface area contributed by atoms with E-state index in [1.54, 1.807) is 24.3 Å². The minimum absolute atomic E-state index is 0.243. The standard InChI is InChI=1S/C23H15F3O2/c24-23(25,26)18-10-13-22(20(15-18)21-7-4-14-27-21)28-19-11-8-17(9-12-19)16-5-2-1-3-6-16/h1-15H. The van der Waals surface area contributed by atoms with Gasteiger partial charge in [0.05, 0.1) is 17.4 Å². The summed E-state index contributed by atoms with van der Waals surface area (Å²) in [5.41, 5.74) is 1.57. The summed E-state index contributed by atoms with van der Waals surface area (Å²) >= 11 is 0. The summed E-state index contributed by atoms with van der Waals surface area (Å²) in [4.78, 5) is 0. The van der Waals surface area contributed by atoms with Crippen molar-refractivity contribution in [3.63, 3.8) is 0 Å². The fourth-order valence-electron chi connectivity index (χ4n) is 2.89. The molecule has 28 heavy (non-hydrogen) atoms. The van der Waals surface area contributed by atoms with Crippen LogP contribution in [0.5, 0.6) is 11.5 Å². The van der Waals surface area contributed by atoms with Crippen LogP contribution in [0.4, 0.5) is 13.2 Å². The van der Waals surface area contributed by atoms with Gasteiger partial charge in [-0.1, -0.05) is 42.5 Å². The molecular formula is C23H15F3O2. The van der Waals surface area contributed by atoms with E-state index >= 15 is 0 Å². The SMILES string of the molecule is FC(F)(F)c1ccc(Oc2ccc(-c3ccccc3)cc2)c(-c2ccco2)c1. The highest BCUT2D eigenvalue weighted by Gasteiger charge is 2.31. The van der Waals surface area contributed by atoms with Crippen molar-refractivity contribution in [2.75, 3.05) is 0 Å². The summed E-state index contributed by atoms with van der Waals surface area (Å²) < 4.78 is 50.5. The summed E-state index contributed by atoms with van der Waals surface area (Å²) in [6.07, 6.45) is -3.04. The van der Waals surface area contributed by atoms with E-state index in [0.29, 0.717) is 11.5 Å². The average Bonchev–Trinajstić information content (AvgIpc) is 3.23. The molecule has 0 fully saturated rings. The van der Waals surface area contributed by atoms with E-state index < -0.39 is 11.7 Å². The number of hydrogen-bond acceptors (Lipinski definition) is 2. The molecule has 3 aromatic carbocycles. The third kappa shape index (κ3) is 3.78. The van der Waals surface area contributed by atoms with E-state index in [-0.39, 0.29) is 11.3 Å². The molecule has 0 amide bonds. The van der Waals surface area contributed by atoms with Gasteiger partial charge in [-0.25, -0.2) is 0 Å². The maximum absolute atomic E-state index is 13.1. The number of ether oxygens (including phenoxy) is 1. The Morgan fingerprint density at radius 2 is 1.43 bits per heavy atom. The molecule has 0 atom stereocenters. The van der Waals surface area contributed by atoms with Crippen molar-refractivity contribution >= 4 is 0 Å². The molecule has 0 N–H and O–H groups in total. The number of hydrogen-bond donors (Lipinski definition) is 0. The normalized spacial score (nSPS) is 11.4. The van der Waals surface area contributed by atoms with Gasteiger partial charge in [0, 0.05) is 0 Å². The maximum atomic E-state index is 13.1. The van der Waals surface area contributed by atoms with Gasteiger partial charge in [-0.3, -0.25) is 0 Å². The van der Waals surface area contributed by atoms with Gasteiger partial charge < -0.3 is 9.15 Å². The first-order valence-corrected chi connectivity index (χ1v) is 8.59. The zero-order chi connectivity index (χ0) is 19.6. The molecule has 4 rings (SSSR count). The number of alkyl halides is 3. The lowest BCUT2D eigenvalue weighted by atomic mass is 10.1. The number of rotatable bonds is 4. The zero-order valence-corrected chi connectivity index (χ0v) is 14.6. The summed E-state index contributed by atoms with van der Waals surface area (Å²) in [5, 5.41) is 0. The van der Waals surface area contributed by atoms with E-state index in [1.807, 2.05) is 42.5 Å². The van der Waals surface area contributed by atoms with E-state index in [1.165, 1.54) is 12.3 Å². The quantitative estimate of drug-likeness (QED) is 0.367. The molecule has 0 saturated heterocycles. The van der Waals surface area contributed by atoms with Crippen molar-refractivity contribution in [1.82, 2.24) is 0 Å². The molecule has 0 bridgehead atoms. The Morgan fingerprint density at radius 1 is 0.714 bits per heavy atom. The Kier molecular flexibility index (Phi) is 4.65. The van der Waals surface area contributed by atoms with Crippen molar-refractivity contribution in [3.05, 3.63) is 96.8 Å². The molecule has 0 aliphatic rings. The van der Waals surface area contributed by atoms with Crippen LogP contribution in [0.1, 0.15) is 5.56 Å². The third-order valence-corrected chi connectivity index (χ3v) is 4.28. The predicted molar refractivity (Wildman–Crippen MR) is 101 cm³/mol. The number of halogens is 3. The summed E-state index contributed by atoms with van der Waals surface area (Å²) in [7, 11) is 0. The van der Waals surface area contributed by atoms with Gasteiger partial charge in [-0.15, -0.1) is 0 Å². The molecule has 0 radical (unpaired) electrons. The average molecular weight is 380 g/mol. The molecule has 0 unspecified atom stereocenters. The summed E-state index contributed by atoms with van der Waals surface area (Å²) in [6, 6.07) is 23.8. The first-order chi connectivity index (χ1) is 13.5. The Labute approximate surface area is 159 Å². The lowest BCUT2D eigenvalue weighted by Gasteiger charge is -2.13. The summed E-state index contributed by atoms with van der Waals surface area (Å²) in [5.74, 6) is 1.12. The van der Waals surface area contributed by atoms with Crippen molar-refractivity contribution < 1.29 is 22.3 Å². The molecule has 1 heterocycles. The highest BCUT2D eigenvalue weighted by molar-refractivity contribution is 5.68. The molecule has 0 aliphatic heterocycles. The van der Waals surface area contributed by atoms with E-state index in [9.17, 15) is 13.2 Å². The second kappa shape index (κ2) is 7.27. The van der Waals surface area contributed by atoms with E-state index in [2.05, 4.69) is 0 Å². The topological polar surface area (TPSA) is 22.4 Å². The van der Waals surface area contributed by atoms with Crippen LogP contribution in [-0.4, -0.2) is 0 Å². The van der Waals surface area contributed by atoms with Crippen LogP contribution in [0.15, 0.2) is 95.6 Å². The zero-order valence-electron chi connectivity index (χ0n) is 14.6. The molecular weight excluding hydrogens is 365 g/mol. The van der Waals surface area contributed by atoms with Crippen LogP contribution >= 0.6 is 0 Å². The maximum Gasteiger partial charge on any atom is 0.416 e. The molecule has 4 aromatic rings. The molecule has 5 heteroatoms. The molecule has 0 aliphatic carbocycles. The smallest absolute Gasteiger partial charge is 0.416 e. The second-order valence-electron chi connectivity index (χ2n) is 6.18. The Balaban J connectivity index is 1.66. The fraction of sp³-hybridized carbons (Fsp3) is 0.0435. The highest BCUT2D eigenvalue weighted by atomic mass is 19.4. The van der Waals surface area contributed by atoms with Crippen LogP contribution in [0.3, 0.4) is 0 Å². The Hall–Kier alpha value is -3.47.